The van der Waals surface area contributed by atoms with Gasteiger partial charge in [0.05, 0.1) is 17.2 Å². The molecule has 0 bridgehead atoms. The number of halogens is 1. The Balaban J connectivity index is 1.90. The quantitative estimate of drug-likeness (QED) is 0.739. The molecule has 3 aromatic rings. The van der Waals surface area contributed by atoms with Gasteiger partial charge in [-0.15, -0.1) is 10.2 Å². The van der Waals surface area contributed by atoms with Gasteiger partial charge in [0.1, 0.15) is 18.0 Å². The monoisotopic (exact) mass is 301 g/mol. The molecule has 0 aliphatic rings. The second-order valence-electron chi connectivity index (χ2n) is 5.40. The minimum atomic E-state index is -0.441. The van der Waals surface area contributed by atoms with Crippen LogP contribution in [0, 0.1) is 5.82 Å². The highest BCUT2D eigenvalue weighted by molar-refractivity contribution is 5.77. The molecule has 0 atom stereocenters. The zero-order valence-corrected chi connectivity index (χ0v) is 12.4. The van der Waals surface area contributed by atoms with Crippen molar-refractivity contribution in [1.29, 1.82) is 0 Å². The topological polar surface area (TPSA) is 65.6 Å². The molecule has 0 N–H and O–H groups in total. The first-order chi connectivity index (χ1) is 10.6. The first-order valence-corrected chi connectivity index (χ1v) is 7.09. The van der Waals surface area contributed by atoms with Crippen LogP contribution in [0.15, 0.2) is 35.6 Å². The maximum atomic E-state index is 13.3. The average Bonchev–Trinajstić information content (AvgIpc) is 2.96. The van der Waals surface area contributed by atoms with E-state index in [0.29, 0.717) is 18.5 Å². The van der Waals surface area contributed by atoms with Crippen LogP contribution in [-0.4, -0.2) is 24.3 Å². The molecule has 0 saturated carbocycles. The number of aromatic nitrogens is 5. The molecule has 0 spiro atoms. The van der Waals surface area contributed by atoms with Gasteiger partial charge < -0.3 is 4.57 Å². The van der Waals surface area contributed by atoms with Gasteiger partial charge in [0.15, 0.2) is 0 Å². The molecule has 2 aromatic heterocycles. The van der Waals surface area contributed by atoms with E-state index in [4.69, 9.17) is 0 Å². The molecule has 0 aliphatic heterocycles. The molecular weight excluding hydrogens is 285 g/mol. The Morgan fingerprint density at radius 2 is 2.09 bits per heavy atom. The zero-order chi connectivity index (χ0) is 15.7. The van der Waals surface area contributed by atoms with Crippen molar-refractivity contribution in [3.8, 4) is 0 Å². The highest BCUT2D eigenvalue weighted by atomic mass is 19.1. The minimum absolute atomic E-state index is 0.250. The predicted molar refractivity (Wildman–Crippen MR) is 80.1 cm³/mol. The van der Waals surface area contributed by atoms with E-state index in [0.717, 1.165) is 5.82 Å². The van der Waals surface area contributed by atoms with E-state index in [2.05, 4.69) is 15.2 Å². The smallest absolute Gasteiger partial charge is 0.261 e. The van der Waals surface area contributed by atoms with E-state index in [1.807, 2.05) is 18.4 Å². The Kier molecular flexibility index (Phi) is 3.70. The van der Waals surface area contributed by atoms with Crippen molar-refractivity contribution in [1.82, 2.24) is 24.3 Å². The van der Waals surface area contributed by atoms with Gasteiger partial charge in [0.2, 0.25) is 0 Å². The van der Waals surface area contributed by atoms with Crippen LogP contribution in [0.25, 0.3) is 10.9 Å². The Labute approximate surface area is 126 Å². The summed E-state index contributed by atoms with van der Waals surface area (Å²) in [5, 5.41) is 8.26. The molecule has 7 heteroatoms. The minimum Gasteiger partial charge on any atom is -0.315 e. The summed E-state index contributed by atoms with van der Waals surface area (Å²) in [6, 6.07) is 4.28. The van der Waals surface area contributed by atoms with E-state index in [-0.39, 0.29) is 17.0 Å². The van der Waals surface area contributed by atoms with E-state index in [1.165, 1.54) is 29.1 Å². The van der Waals surface area contributed by atoms with Crippen LogP contribution in [0.2, 0.25) is 0 Å². The van der Waals surface area contributed by atoms with Crippen LogP contribution in [0.5, 0.6) is 0 Å². The molecule has 3 rings (SSSR count). The molecule has 0 unspecified atom stereocenters. The standard InChI is InChI=1S/C15H16FN5O/c1-10(2)21-9-18-19-14(21)5-6-20-8-17-13-4-3-11(16)7-12(13)15(20)22/h3-4,7-10H,5-6H2,1-2H3. The largest absolute Gasteiger partial charge is 0.315 e. The second-order valence-corrected chi connectivity index (χ2v) is 5.40. The van der Waals surface area contributed by atoms with Gasteiger partial charge in [-0.05, 0) is 32.0 Å². The van der Waals surface area contributed by atoms with Gasteiger partial charge in [0.25, 0.3) is 5.56 Å². The third-order valence-electron chi connectivity index (χ3n) is 3.57. The number of aryl methyl sites for hydroxylation is 2. The summed E-state index contributed by atoms with van der Waals surface area (Å²) in [7, 11) is 0. The van der Waals surface area contributed by atoms with Crippen molar-refractivity contribution in [2.24, 2.45) is 0 Å². The Bertz CT molecular complexity index is 868. The Hall–Kier alpha value is -2.57. The second kappa shape index (κ2) is 5.67. The van der Waals surface area contributed by atoms with Crippen LogP contribution < -0.4 is 5.56 Å². The fraction of sp³-hybridized carbons (Fsp3) is 0.333. The maximum Gasteiger partial charge on any atom is 0.261 e. The summed E-state index contributed by atoms with van der Waals surface area (Å²) in [6.45, 7) is 4.50. The SMILES string of the molecule is CC(C)n1cnnc1CCn1cnc2ccc(F)cc2c1=O. The Morgan fingerprint density at radius 1 is 1.27 bits per heavy atom. The molecular formula is C15H16FN5O. The number of rotatable bonds is 4. The van der Waals surface area contributed by atoms with Gasteiger partial charge in [-0.25, -0.2) is 9.37 Å². The molecule has 0 saturated heterocycles. The summed E-state index contributed by atoms with van der Waals surface area (Å²) in [6.07, 6.45) is 3.72. The van der Waals surface area contributed by atoms with Crippen LogP contribution >= 0.6 is 0 Å². The first kappa shape index (κ1) is 14.4. The van der Waals surface area contributed by atoms with Crippen LogP contribution in [0.3, 0.4) is 0 Å². The Morgan fingerprint density at radius 3 is 2.86 bits per heavy atom. The normalized spacial score (nSPS) is 11.5. The van der Waals surface area contributed by atoms with Crippen molar-refractivity contribution in [3.63, 3.8) is 0 Å². The van der Waals surface area contributed by atoms with Crippen molar-refractivity contribution in [2.75, 3.05) is 0 Å². The molecule has 0 fully saturated rings. The zero-order valence-electron chi connectivity index (χ0n) is 12.4. The van der Waals surface area contributed by atoms with Crippen molar-refractivity contribution in [2.45, 2.75) is 32.9 Å². The first-order valence-electron chi connectivity index (χ1n) is 7.09. The molecule has 2 heterocycles. The fourth-order valence-electron chi connectivity index (χ4n) is 2.39. The van der Waals surface area contributed by atoms with Gasteiger partial charge >= 0.3 is 0 Å². The lowest BCUT2D eigenvalue weighted by Gasteiger charge is -2.11. The lowest BCUT2D eigenvalue weighted by Crippen LogP contribution is -2.22. The number of fused-ring (bicyclic) bond motifs is 1. The highest BCUT2D eigenvalue weighted by Crippen LogP contribution is 2.10. The number of nitrogens with zero attached hydrogens (tertiary/aromatic N) is 5. The summed E-state index contributed by atoms with van der Waals surface area (Å²) >= 11 is 0. The van der Waals surface area contributed by atoms with Gasteiger partial charge in [-0.1, -0.05) is 0 Å². The van der Waals surface area contributed by atoms with Gasteiger partial charge in [-0.3, -0.25) is 9.36 Å². The van der Waals surface area contributed by atoms with E-state index >= 15 is 0 Å². The molecule has 6 nitrogen and oxygen atoms in total. The summed E-state index contributed by atoms with van der Waals surface area (Å²) in [4.78, 5) is 16.6. The van der Waals surface area contributed by atoms with Gasteiger partial charge in [0, 0.05) is 19.0 Å². The molecule has 114 valence electrons. The van der Waals surface area contributed by atoms with Crippen LogP contribution in [0.4, 0.5) is 4.39 Å². The molecule has 0 amide bonds. The molecule has 0 radical (unpaired) electrons. The average molecular weight is 301 g/mol. The number of hydrogen-bond donors (Lipinski definition) is 0. The lowest BCUT2D eigenvalue weighted by atomic mass is 10.2. The third kappa shape index (κ3) is 2.61. The molecule has 22 heavy (non-hydrogen) atoms. The number of hydrogen-bond acceptors (Lipinski definition) is 4. The summed E-state index contributed by atoms with van der Waals surface area (Å²) < 4.78 is 16.7. The van der Waals surface area contributed by atoms with E-state index < -0.39 is 5.82 Å². The van der Waals surface area contributed by atoms with Crippen molar-refractivity contribution >= 4 is 10.9 Å². The number of benzene rings is 1. The third-order valence-corrected chi connectivity index (χ3v) is 3.57. The summed E-state index contributed by atoms with van der Waals surface area (Å²) in [5.74, 6) is 0.366. The highest BCUT2D eigenvalue weighted by Gasteiger charge is 2.09. The molecule has 0 aliphatic carbocycles. The van der Waals surface area contributed by atoms with Crippen LogP contribution in [0.1, 0.15) is 25.7 Å². The van der Waals surface area contributed by atoms with Crippen molar-refractivity contribution in [3.05, 3.63) is 52.8 Å². The summed E-state index contributed by atoms with van der Waals surface area (Å²) in [5.41, 5.74) is 0.244. The van der Waals surface area contributed by atoms with E-state index in [1.54, 1.807) is 6.33 Å². The maximum absolute atomic E-state index is 13.3. The van der Waals surface area contributed by atoms with Crippen LogP contribution in [-0.2, 0) is 13.0 Å². The molecule has 1 aromatic carbocycles. The lowest BCUT2D eigenvalue weighted by molar-refractivity contribution is 0.544. The van der Waals surface area contributed by atoms with Gasteiger partial charge in [-0.2, -0.15) is 0 Å². The van der Waals surface area contributed by atoms with E-state index in [9.17, 15) is 9.18 Å². The predicted octanol–water partition coefficient (Wildman–Crippen LogP) is 1.95. The van der Waals surface area contributed by atoms with Crippen molar-refractivity contribution < 1.29 is 4.39 Å². The fourth-order valence-corrected chi connectivity index (χ4v) is 2.39.